The van der Waals surface area contributed by atoms with E-state index in [4.69, 9.17) is 14.2 Å². The normalized spacial score (nSPS) is 20.7. The molecule has 9 heteroatoms. The lowest BCUT2D eigenvalue weighted by Gasteiger charge is -2.29. The molecule has 2 aromatic rings. The predicted octanol–water partition coefficient (Wildman–Crippen LogP) is 4.52. The summed E-state index contributed by atoms with van der Waals surface area (Å²) >= 11 is 0. The third-order valence-electron chi connectivity index (χ3n) is 6.16. The van der Waals surface area contributed by atoms with Crippen molar-refractivity contribution in [2.24, 2.45) is 5.92 Å². The highest BCUT2D eigenvalue weighted by atomic mass is 16.6. The number of anilines is 3. The molecule has 9 nitrogen and oxygen atoms in total. The Morgan fingerprint density at radius 1 is 1.09 bits per heavy atom. The van der Waals surface area contributed by atoms with E-state index in [0.29, 0.717) is 24.4 Å². The number of nitrogens with zero attached hydrogens (tertiary/aromatic N) is 3. The minimum Gasteiger partial charge on any atom is -0.477 e. The van der Waals surface area contributed by atoms with Crippen LogP contribution in [-0.2, 0) is 9.47 Å². The van der Waals surface area contributed by atoms with Gasteiger partial charge in [-0.3, -0.25) is 0 Å². The Morgan fingerprint density at radius 3 is 2.49 bits per heavy atom. The lowest BCUT2D eigenvalue weighted by Crippen LogP contribution is -2.41. The summed E-state index contributed by atoms with van der Waals surface area (Å²) in [7, 11) is 0. The van der Waals surface area contributed by atoms with E-state index in [0.717, 1.165) is 57.7 Å². The van der Waals surface area contributed by atoms with Crippen LogP contribution in [0.1, 0.15) is 46.5 Å². The number of ether oxygens (including phenoxy) is 3. The van der Waals surface area contributed by atoms with Crippen LogP contribution in [0.4, 0.5) is 22.1 Å². The maximum Gasteiger partial charge on any atom is 0.407 e. The third-order valence-corrected chi connectivity index (χ3v) is 6.16. The summed E-state index contributed by atoms with van der Waals surface area (Å²) in [6.07, 6.45) is 5.19. The Bertz CT molecular complexity index is 949. The van der Waals surface area contributed by atoms with Gasteiger partial charge in [0.1, 0.15) is 5.60 Å². The SMILES string of the molecule is CC(C)(C)OC(=O)NC1CCC(COc2ccnc(Nc3ccc(N4CCOCC4)cc3)n2)CC1. The van der Waals surface area contributed by atoms with Gasteiger partial charge in [0, 0.05) is 42.8 Å². The van der Waals surface area contributed by atoms with Crippen LogP contribution in [-0.4, -0.2) is 60.6 Å². The van der Waals surface area contributed by atoms with E-state index in [-0.39, 0.29) is 12.1 Å². The molecule has 1 saturated heterocycles. The van der Waals surface area contributed by atoms with Crippen molar-refractivity contribution in [3.05, 3.63) is 36.5 Å². The zero-order valence-corrected chi connectivity index (χ0v) is 21.0. The van der Waals surface area contributed by atoms with Gasteiger partial charge >= 0.3 is 6.09 Å². The minimum atomic E-state index is -0.479. The summed E-state index contributed by atoms with van der Waals surface area (Å²) in [5, 5.41) is 6.24. The first-order chi connectivity index (χ1) is 16.8. The van der Waals surface area contributed by atoms with Crippen LogP contribution >= 0.6 is 0 Å². The van der Waals surface area contributed by atoms with Gasteiger partial charge in [0.15, 0.2) is 0 Å². The van der Waals surface area contributed by atoms with Gasteiger partial charge in [-0.2, -0.15) is 4.98 Å². The number of nitrogens with one attached hydrogen (secondary N) is 2. The highest BCUT2D eigenvalue weighted by Crippen LogP contribution is 2.26. The Kier molecular flexibility index (Phi) is 8.28. The highest BCUT2D eigenvalue weighted by molar-refractivity contribution is 5.68. The molecule has 0 spiro atoms. The van der Waals surface area contributed by atoms with Crippen LogP contribution in [0.3, 0.4) is 0 Å². The highest BCUT2D eigenvalue weighted by Gasteiger charge is 2.25. The first-order valence-electron chi connectivity index (χ1n) is 12.5. The topological polar surface area (TPSA) is 97.8 Å². The fourth-order valence-corrected chi connectivity index (χ4v) is 4.34. The van der Waals surface area contributed by atoms with Gasteiger partial charge in [0.05, 0.1) is 19.8 Å². The second kappa shape index (κ2) is 11.6. The van der Waals surface area contributed by atoms with Crippen molar-refractivity contribution in [2.45, 2.75) is 58.1 Å². The number of aromatic nitrogens is 2. The lowest BCUT2D eigenvalue weighted by atomic mass is 9.86. The van der Waals surface area contributed by atoms with E-state index >= 15 is 0 Å². The fraction of sp³-hybridized carbons (Fsp3) is 0.577. The zero-order valence-electron chi connectivity index (χ0n) is 21.0. The molecule has 2 heterocycles. The number of amides is 1. The van der Waals surface area contributed by atoms with Crippen molar-refractivity contribution in [2.75, 3.05) is 43.1 Å². The molecular formula is C26H37N5O4. The van der Waals surface area contributed by atoms with Crippen LogP contribution in [0.25, 0.3) is 0 Å². The van der Waals surface area contributed by atoms with E-state index in [1.807, 2.05) is 32.9 Å². The van der Waals surface area contributed by atoms with Crippen LogP contribution in [0.5, 0.6) is 5.88 Å². The fourth-order valence-electron chi connectivity index (χ4n) is 4.34. The summed E-state index contributed by atoms with van der Waals surface area (Å²) in [5.74, 6) is 1.50. The van der Waals surface area contributed by atoms with E-state index in [9.17, 15) is 4.79 Å². The number of morpholine rings is 1. The zero-order chi connectivity index (χ0) is 24.7. The minimum absolute atomic E-state index is 0.158. The Balaban J connectivity index is 1.21. The van der Waals surface area contributed by atoms with Crippen molar-refractivity contribution in [1.29, 1.82) is 0 Å². The summed E-state index contributed by atoms with van der Waals surface area (Å²) in [6, 6.07) is 10.2. The summed E-state index contributed by atoms with van der Waals surface area (Å²) in [4.78, 5) is 23.1. The smallest absolute Gasteiger partial charge is 0.407 e. The second-order valence-corrected chi connectivity index (χ2v) is 10.2. The molecule has 1 amide bonds. The van der Waals surface area contributed by atoms with Crippen molar-refractivity contribution < 1.29 is 19.0 Å². The molecular weight excluding hydrogens is 446 g/mol. The second-order valence-electron chi connectivity index (χ2n) is 10.2. The van der Waals surface area contributed by atoms with Gasteiger partial charge in [0.2, 0.25) is 11.8 Å². The van der Waals surface area contributed by atoms with Crippen molar-refractivity contribution in [3.8, 4) is 5.88 Å². The Hall–Kier alpha value is -3.07. The summed E-state index contributed by atoms with van der Waals surface area (Å²) < 4.78 is 16.8. The van der Waals surface area contributed by atoms with Crippen LogP contribution in [0, 0.1) is 5.92 Å². The van der Waals surface area contributed by atoms with E-state index < -0.39 is 5.60 Å². The van der Waals surface area contributed by atoms with Gasteiger partial charge < -0.3 is 29.7 Å². The molecule has 1 saturated carbocycles. The van der Waals surface area contributed by atoms with Gasteiger partial charge in [-0.05, 0) is 76.6 Å². The average Bonchev–Trinajstić information content (AvgIpc) is 2.84. The number of carbonyl (C=O) groups excluding carboxylic acids is 1. The molecule has 1 aromatic heterocycles. The monoisotopic (exact) mass is 483 g/mol. The van der Waals surface area contributed by atoms with E-state index in [2.05, 4.69) is 37.6 Å². The maximum absolute atomic E-state index is 12.0. The van der Waals surface area contributed by atoms with Gasteiger partial charge in [-0.25, -0.2) is 9.78 Å². The molecule has 4 rings (SSSR count). The van der Waals surface area contributed by atoms with Crippen LogP contribution in [0.2, 0.25) is 0 Å². The summed E-state index contributed by atoms with van der Waals surface area (Å²) in [6.45, 7) is 9.58. The molecule has 2 aliphatic rings. The molecule has 1 aliphatic carbocycles. The van der Waals surface area contributed by atoms with Crippen LogP contribution < -0.4 is 20.3 Å². The van der Waals surface area contributed by atoms with Crippen molar-refractivity contribution in [1.82, 2.24) is 15.3 Å². The van der Waals surface area contributed by atoms with E-state index in [1.54, 1.807) is 12.3 Å². The van der Waals surface area contributed by atoms with Crippen LogP contribution in [0.15, 0.2) is 36.5 Å². The maximum atomic E-state index is 12.0. The Labute approximate surface area is 207 Å². The molecule has 2 N–H and O–H groups in total. The molecule has 35 heavy (non-hydrogen) atoms. The molecule has 1 aromatic carbocycles. The molecule has 0 bridgehead atoms. The molecule has 0 unspecified atom stereocenters. The first kappa shape index (κ1) is 25.0. The quantitative estimate of drug-likeness (QED) is 0.593. The van der Waals surface area contributed by atoms with Gasteiger partial charge in [0.25, 0.3) is 0 Å². The average molecular weight is 484 g/mol. The summed E-state index contributed by atoms with van der Waals surface area (Å²) in [5.41, 5.74) is 1.63. The van der Waals surface area contributed by atoms with Gasteiger partial charge in [-0.1, -0.05) is 0 Å². The lowest BCUT2D eigenvalue weighted by molar-refractivity contribution is 0.0483. The largest absolute Gasteiger partial charge is 0.477 e. The molecule has 190 valence electrons. The number of rotatable bonds is 7. The number of carbonyl (C=O) groups is 1. The molecule has 0 radical (unpaired) electrons. The van der Waals surface area contributed by atoms with Crippen molar-refractivity contribution >= 4 is 23.4 Å². The number of benzene rings is 1. The third kappa shape index (κ3) is 7.99. The van der Waals surface area contributed by atoms with E-state index in [1.165, 1.54) is 5.69 Å². The van der Waals surface area contributed by atoms with Crippen molar-refractivity contribution in [3.63, 3.8) is 0 Å². The number of hydrogen-bond acceptors (Lipinski definition) is 8. The standard InChI is InChI=1S/C26H37N5O4/c1-26(2,3)35-25(32)29-21-6-4-19(5-7-21)18-34-23-12-13-27-24(30-23)28-20-8-10-22(11-9-20)31-14-16-33-17-15-31/h8-13,19,21H,4-7,14-18H2,1-3H3,(H,29,32)(H,27,28,30). The molecule has 1 aliphatic heterocycles. The molecule has 2 fully saturated rings. The number of alkyl carbamates (subject to hydrolysis) is 1. The first-order valence-corrected chi connectivity index (χ1v) is 12.5. The van der Waals surface area contributed by atoms with Gasteiger partial charge in [-0.15, -0.1) is 0 Å². The number of hydrogen-bond donors (Lipinski definition) is 2. The predicted molar refractivity (Wildman–Crippen MR) is 135 cm³/mol. The molecule has 0 atom stereocenters. The Morgan fingerprint density at radius 2 is 1.80 bits per heavy atom.